The Balaban J connectivity index is 1.68. The average Bonchev–Trinajstić information content (AvgIpc) is 3.34. The minimum Gasteiger partial charge on any atom is -0.462 e. The van der Waals surface area contributed by atoms with Crippen molar-refractivity contribution in [3.05, 3.63) is 57.7 Å². The molecule has 0 unspecified atom stereocenters. The van der Waals surface area contributed by atoms with Gasteiger partial charge in [0.05, 0.1) is 42.2 Å². The van der Waals surface area contributed by atoms with Crippen molar-refractivity contribution in [2.75, 3.05) is 13.2 Å². The van der Waals surface area contributed by atoms with E-state index in [1.165, 1.54) is 10.9 Å². The van der Waals surface area contributed by atoms with E-state index in [0.717, 1.165) is 5.52 Å². The molecule has 156 valence electrons. The Labute approximate surface area is 171 Å². The molecule has 30 heavy (non-hydrogen) atoms. The molecule has 11 heteroatoms. The summed E-state index contributed by atoms with van der Waals surface area (Å²) in [6, 6.07) is 5.64. The SMILES string of the molecule is [C-]#[N+]c1nn(C(C)C)c2ccc(-n3cc(C(=O)OCCCCO[N+](=O)[O-])cn3)cc12. The van der Waals surface area contributed by atoms with E-state index < -0.39 is 11.1 Å². The highest BCUT2D eigenvalue weighted by Gasteiger charge is 2.17. The van der Waals surface area contributed by atoms with Gasteiger partial charge in [-0.3, -0.25) is 0 Å². The van der Waals surface area contributed by atoms with E-state index in [4.69, 9.17) is 11.3 Å². The molecule has 0 fully saturated rings. The van der Waals surface area contributed by atoms with Crippen molar-refractivity contribution in [2.24, 2.45) is 0 Å². The predicted octanol–water partition coefficient (Wildman–Crippen LogP) is 3.50. The van der Waals surface area contributed by atoms with Crippen molar-refractivity contribution in [2.45, 2.75) is 32.7 Å². The lowest BCUT2D eigenvalue weighted by atomic mass is 10.2. The number of unbranched alkanes of at least 4 members (excludes halogenated alkanes) is 1. The number of benzene rings is 1. The van der Waals surface area contributed by atoms with Crippen LogP contribution in [-0.2, 0) is 9.57 Å². The molecular weight excluding hydrogens is 392 g/mol. The van der Waals surface area contributed by atoms with Gasteiger partial charge in [-0.1, -0.05) is 6.57 Å². The first kappa shape index (κ1) is 20.8. The fourth-order valence-electron chi connectivity index (χ4n) is 2.89. The Morgan fingerprint density at radius 2 is 2.10 bits per heavy atom. The first-order valence-electron chi connectivity index (χ1n) is 9.30. The van der Waals surface area contributed by atoms with Gasteiger partial charge >= 0.3 is 11.8 Å². The van der Waals surface area contributed by atoms with Crippen LogP contribution in [0.2, 0.25) is 0 Å². The van der Waals surface area contributed by atoms with E-state index in [1.54, 1.807) is 10.9 Å². The van der Waals surface area contributed by atoms with Crippen molar-refractivity contribution in [1.82, 2.24) is 19.6 Å². The van der Waals surface area contributed by atoms with Crippen LogP contribution in [0.15, 0.2) is 30.6 Å². The van der Waals surface area contributed by atoms with Crippen LogP contribution in [0, 0.1) is 16.7 Å². The van der Waals surface area contributed by atoms with Crippen LogP contribution >= 0.6 is 0 Å². The quantitative estimate of drug-likeness (QED) is 0.173. The number of hydrogen-bond donors (Lipinski definition) is 0. The first-order chi connectivity index (χ1) is 14.4. The van der Waals surface area contributed by atoms with Gasteiger partial charge in [-0.25, -0.2) is 9.48 Å². The molecule has 0 spiro atoms. The topological polar surface area (TPSA) is 119 Å². The molecule has 2 aromatic heterocycles. The van der Waals surface area contributed by atoms with Crippen LogP contribution in [0.3, 0.4) is 0 Å². The number of hydrogen-bond acceptors (Lipinski definition) is 7. The summed E-state index contributed by atoms with van der Waals surface area (Å²) in [4.78, 5) is 29.9. The van der Waals surface area contributed by atoms with Crippen molar-refractivity contribution in [1.29, 1.82) is 0 Å². The Morgan fingerprint density at radius 1 is 1.33 bits per heavy atom. The second-order valence-electron chi connectivity index (χ2n) is 6.75. The third kappa shape index (κ3) is 4.54. The van der Waals surface area contributed by atoms with Crippen molar-refractivity contribution in [3.8, 4) is 5.69 Å². The molecule has 1 aromatic carbocycles. The van der Waals surface area contributed by atoms with Gasteiger partial charge < -0.3 is 14.4 Å². The Hall–Kier alpha value is -3.94. The van der Waals surface area contributed by atoms with E-state index in [-0.39, 0.29) is 24.8 Å². The summed E-state index contributed by atoms with van der Waals surface area (Å²) in [5.41, 5.74) is 1.82. The fraction of sp³-hybridized carbons (Fsp3) is 0.368. The zero-order valence-corrected chi connectivity index (χ0v) is 16.5. The van der Waals surface area contributed by atoms with E-state index in [1.807, 2.05) is 32.0 Å². The second-order valence-corrected chi connectivity index (χ2v) is 6.75. The Bertz CT molecular complexity index is 1110. The molecule has 3 rings (SSSR count). The third-order valence-electron chi connectivity index (χ3n) is 4.32. The van der Waals surface area contributed by atoms with E-state index >= 15 is 0 Å². The lowest BCUT2D eigenvalue weighted by molar-refractivity contribution is -0.757. The van der Waals surface area contributed by atoms with E-state index in [2.05, 4.69) is 19.9 Å². The number of carbonyl (C=O) groups is 1. The Morgan fingerprint density at radius 3 is 2.80 bits per heavy atom. The minimum atomic E-state index is -0.854. The molecule has 0 atom stereocenters. The standard InChI is InChI=1S/C19H20N6O5/c1-13(2)24-17-7-6-15(10-16(17)18(20-3)22-24)23-12-14(11-21-23)19(26)29-8-4-5-9-30-25(27)28/h6-7,10-13H,4-5,8-9H2,1-2H3. The van der Waals surface area contributed by atoms with Crippen molar-refractivity contribution >= 4 is 22.7 Å². The number of carbonyl (C=O) groups excluding carboxylic acids is 1. The van der Waals surface area contributed by atoms with Crippen molar-refractivity contribution in [3.63, 3.8) is 0 Å². The fourth-order valence-corrected chi connectivity index (χ4v) is 2.89. The van der Waals surface area contributed by atoms with Crippen LogP contribution in [0.5, 0.6) is 0 Å². The summed E-state index contributed by atoms with van der Waals surface area (Å²) >= 11 is 0. The summed E-state index contributed by atoms with van der Waals surface area (Å²) in [6.45, 7) is 11.4. The smallest absolute Gasteiger partial charge is 0.341 e. The van der Waals surface area contributed by atoms with Crippen LogP contribution < -0.4 is 0 Å². The average molecular weight is 412 g/mol. The van der Waals surface area contributed by atoms with Crippen molar-refractivity contribution < 1.29 is 19.5 Å². The summed E-state index contributed by atoms with van der Waals surface area (Å²) < 4.78 is 8.48. The third-order valence-corrected chi connectivity index (χ3v) is 4.32. The lowest BCUT2D eigenvalue weighted by Gasteiger charge is -2.05. The highest BCUT2D eigenvalue weighted by Crippen LogP contribution is 2.29. The number of ether oxygens (including phenoxy) is 1. The largest absolute Gasteiger partial charge is 0.462 e. The van der Waals surface area contributed by atoms with Crippen LogP contribution in [0.4, 0.5) is 5.82 Å². The highest BCUT2D eigenvalue weighted by molar-refractivity contribution is 5.92. The molecule has 0 bridgehead atoms. The summed E-state index contributed by atoms with van der Waals surface area (Å²) in [5.74, 6) is -0.222. The van der Waals surface area contributed by atoms with E-state index in [0.29, 0.717) is 29.7 Å². The highest BCUT2D eigenvalue weighted by atomic mass is 16.9. The molecule has 3 aromatic rings. The Kier molecular flexibility index (Phi) is 6.26. The molecule has 0 aliphatic rings. The summed E-state index contributed by atoms with van der Waals surface area (Å²) in [6.07, 6.45) is 3.80. The first-order valence-corrected chi connectivity index (χ1v) is 9.30. The predicted molar refractivity (Wildman–Crippen MR) is 106 cm³/mol. The molecule has 2 heterocycles. The lowest BCUT2D eigenvalue weighted by Crippen LogP contribution is -2.07. The molecule has 0 aliphatic carbocycles. The maximum Gasteiger partial charge on any atom is 0.341 e. The van der Waals surface area contributed by atoms with Gasteiger partial charge in [-0.2, -0.15) is 9.78 Å². The molecular formula is C19H20N6O5. The van der Waals surface area contributed by atoms with Gasteiger partial charge in [0.15, 0.2) is 0 Å². The molecule has 0 saturated carbocycles. The molecule has 11 nitrogen and oxygen atoms in total. The van der Waals surface area contributed by atoms with E-state index in [9.17, 15) is 14.9 Å². The molecule has 0 N–H and O–H groups in total. The number of aromatic nitrogens is 4. The number of nitrogens with zero attached hydrogens (tertiary/aromatic N) is 6. The van der Waals surface area contributed by atoms with Gasteiger partial charge in [-0.15, -0.1) is 10.1 Å². The van der Waals surface area contributed by atoms with Gasteiger partial charge in [0.1, 0.15) is 0 Å². The summed E-state index contributed by atoms with van der Waals surface area (Å²) in [7, 11) is 0. The van der Waals surface area contributed by atoms with Crippen LogP contribution in [0.25, 0.3) is 21.4 Å². The van der Waals surface area contributed by atoms with Gasteiger partial charge in [-0.05, 0) is 50.0 Å². The van der Waals surface area contributed by atoms with Gasteiger partial charge in [0, 0.05) is 11.6 Å². The summed E-state index contributed by atoms with van der Waals surface area (Å²) in [5, 5.41) is 18.5. The number of esters is 1. The molecule has 0 aliphatic heterocycles. The zero-order valence-electron chi connectivity index (χ0n) is 16.5. The zero-order chi connectivity index (χ0) is 21.7. The van der Waals surface area contributed by atoms with Gasteiger partial charge in [0.25, 0.3) is 5.09 Å². The monoisotopic (exact) mass is 412 g/mol. The maximum absolute atomic E-state index is 12.2. The van der Waals surface area contributed by atoms with Crippen LogP contribution in [-0.4, -0.2) is 43.8 Å². The maximum atomic E-state index is 12.2. The molecule has 0 radical (unpaired) electrons. The van der Waals surface area contributed by atoms with Crippen LogP contribution in [0.1, 0.15) is 43.1 Å². The molecule has 0 saturated heterocycles. The normalized spacial score (nSPS) is 10.9. The van der Waals surface area contributed by atoms with Gasteiger partial charge in [0.2, 0.25) is 0 Å². The number of rotatable bonds is 9. The molecule has 0 amide bonds. The minimum absolute atomic E-state index is 0.0368. The number of fused-ring (bicyclic) bond motifs is 1. The second kappa shape index (κ2) is 9.04.